The molecular weight excluding hydrogens is 190 g/mol. The molecule has 0 unspecified atom stereocenters. The van der Waals surface area contributed by atoms with Crippen LogP contribution in [0.3, 0.4) is 0 Å². The maximum Gasteiger partial charge on any atom is 0.152 e. The van der Waals surface area contributed by atoms with E-state index in [1.807, 2.05) is 12.1 Å². The van der Waals surface area contributed by atoms with Crippen LogP contribution < -0.4 is 5.73 Å². The number of nitrogens with two attached hydrogens (primary N) is 1. The second-order valence-corrected chi connectivity index (χ2v) is 3.32. The topological polar surface area (TPSA) is 64.9 Å². The van der Waals surface area contributed by atoms with Crippen LogP contribution in [0.25, 0.3) is 11.5 Å². The normalized spacial score (nSPS) is 10.5. The molecule has 0 saturated carbocycles. The minimum Gasteiger partial charge on any atom is -0.463 e. The number of aromatic nitrogens is 2. The monoisotopic (exact) mass is 203 g/mol. The molecule has 78 valence electrons. The van der Waals surface area contributed by atoms with Crippen molar-refractivity contribution in [2.45, 2.75) is 19.8 Å². The highest BCUT2D eigenvalue weighted by molar-refractivity contribution is 5.55. The lowest BCUT2D eigenvalue weighted by Gasteiger charge is -2.02. The predicted molar refractivity (Wildman–Crippen MR) is 58.1 cm³/mol. The van der Waals surface area contributed by atoms with Crippen molar-refractivity contribution in [2.75, 3.05) is 5.73 Å². The molecule has 2 aromatic rings. The van der Waals surface area contributed by atoms with E-state index in [0.717, 1.165) is 30.1 Å². The van der Waals surface area contributed by atoms with Crippen LogP contribution in [0.5, 0.6) is 0 Å². The van der Waals surface area contributed by atoms with E-state index in [-0.39, 0.29) is 0 Å². The molecule has 0 spiro atoms. The summed E-state index contributed by atoms with van der Waals surface area (Å²) in [6.45, 7) is 2.08. The largest absolute Gasteiger partial charge is 0.463 e. The van der Waals surface area contributed by atoms with Crippen molar-refractivity contribution in [3.8, 4) is 11.5 Å². The van der Waals surface area contributed by atoms with Crippen LogP contribution in [-0.2, 0) is 6.42 Å². The van der Waals surface area contributed by atoms with Gasteiger partial charge in [-0.25, -0.2) is 9.97 Å². The maximum absolute atomic E-state index is 5.70. The standard InChI is InChI=1S/C11H13N3O/c1-2-4-11-13-8(7-10(12)14-11)9-5-3-6-15-9/h3,5-7H,2,4H2,1H3,(H2,12,13,14). The van der Waals surface area contributed by atoms with Gasteiger partial charge in [-0.2, -0.15) is 0 Å². The fraction of sp³-hybridized carbons (Fsp3) is 0.273. The van der Waals surface area contributed by atoms with Gasteiger partial charge in [0.25, 0.3) is 0 Å². The van der Waals surface area contributed by atoms with Crippen molar-refractivity contribution in [1.29, 1.82) is 0 Å². The molecule has 0 aromatic carbocycles. The van der Waals surface area contributed by atoms with Gasteiger partial charge in [0.1, 0.15) is 17.3 Å². The van der Waals surface area contributed by atoms with Crippen molar-refractivity contribution >= 4 is 5.82 Å². The first-order chi connectivity index (χ1) is 7.29. The Balaban J connectivity index is 2.40. The molecule has 2 rings (SSSR count). The lowest BCUT2D eigenvalue weighted by molar-refractivity contribution is 0.579. The Morgan fingerprint density at radius 2 is 2.27 bits per heavy atom. The van der Waals surface area contributed by atoms with E-state index in [1.54, 1.807) is 12.3 Å². The molecule has 0 radical (unpaired) electrons. The van der Waals surface area contributed by atoms with Gasteiger partial charge in [0, 0.05) is 12.5 Å². The Labute approximate surface area is 88.2 Å². The molecule has 0 amide bonds. The van der Waals surface area contributed by atoms with E-state index < -0.39 is 0 Å². The van der Waals surface area contributed by atoms with Crippen LogP contribution in [-0.4, -0.2) is 9.97 Å². The molecule has 0 atom stereocenters. The first kappa shape index (κ1) is 9.71. The average Bonchev–Trinajstić information content (AvgIpc) is 2.70. The molecule has 4 nitrogen and oxygen atoms in total. The van der Waals surface area contributed by atoms with Gasteiger partial charge in [-0.15, -0.1) is 0 Å². The van der Waals surface area contributed by atoms with Gasteiger partial charge in [0.2, 0.25) is 0 Å². The molecule has 2 aromatic heterocycles. The Morgan fingerprint density at radius 3 is 2.93 bits per heavy atom. The predicted octanol–water partition coefficient (Wildman–Crippen LogP) is 2.27. The lowest BCUT2D eigenvalue weighted by Crippen LogP contribution is -2.00. The van der Waals surface area contributed by atoms with E-state index in [4.69, 9.17) is 10.2 Å². The average molecular weight is 203 g/mol. The van der Waals surface area contributed by atoms with Crippen LogP contribution in [0, 0.1) is 0 Å². The summed E-state index contributed by atoms with van der Waals surface area (Å²) in [5, 5.41) is 0. The van der Waals surface area contributed by atoms with Crippen molar-refractivity contribution < 1.29 is 4.42 Å². The highest BCUT2D eigenvalue weighted by Gasteiger charge is 2.06. The number of aryl methyl sites for hydroxylation is 1. The second-order valence-electron chi connectivity index (χ2n) is 3.32. The second kappa shape index (κ2) is 4.13. The van der Waals surface area contributed by atoms with Gasteiger partial charge in [-0.3, -0.25) is 0 Å². The van der Waals surface area contributed by atoms with Crippen LogP contribution in [0.4, 0.5) is 5.82 Å². The Morgan fingerprint density at radius 1 is 1.40 bits per heavy atom. The van der Waals surface area contributed by atoms with Gasteiger partial charge in [0.05, 0.1) is 6.26 Å². The summed E-state index contributed by atoms with van der Waals surface area (Å²) in [6.07, 6.45) is 3.45. The fourth-order valence-electron chi connectivity index (χ4n) is 1.40. The molecule has 0 aliphatic rings. The molecule has 4 heteroatoms. The third kappa shape index (κ3) is 2.15. The highest BCUT2D eigenvalue weighted by atomic mass is 16.3. The SMILES string of the molecule is CCCc1nc(N)cc(-c2ccco2)n1. The Hall–Kier alpha value is -1.84. The van der Waals surface area contributed by atoms with E-state index in [2.05, 4.69) is 16.9 Å². The Bertz CT molecular complexity index is 437. The number of nitrogen functional groups attached to an aromatic ring is 1. The number of rotatable bonds is 3. The highest BCUT2D eigenvalue weighted by Crippen LogP contribution is 2.19. The molecule has 0 aliphatic heterocycles. The Kier molecular flexibility index (Phi) is 2.67. The molecule has 0 aliphatic carbocycles. The third-order valence-electron chi connectivity index (χ3n) is 2.04. The van der Waals surface area contributed by atoms with E-state index in [9.17, 15) is 0 Å². The number of hydrogen-bond acceptors (Lipinski definition) is 4. The molecule has 2 N–H and O–H groups in total. The zero-order valence-corrected chi connectivity index (χ0v) is 8.60. The molecular formula is C11H13N3O. The van der Waals surface area contributed by atoms with Crippen LogP contribution in [0.2, 0.25) is 0 Å². The summed E-state index contributed by atoms with van der Waals surface area (Å²) >= 11 is 0. The van der Waals surface area contributed by atoms with Crippen molar-refractivity contribution in [2.24, 2.45) is 0 Å². The summed E-state index contributed by atoms with van der Waals surface area (Å²) in [7, 11) is 0. The van der Waals surface area contributed by atoms with Crippen LogP contribution in [0.1, 0.15) is 19.2 Å². The van der Waals surface area contributed by atoms with Gasteiger partial charge < -0.3 is 10.2 Å². The minimum absolute atomic E-state index is 0.486. The number of nitrogens with zero attached hydrogens (tertiary/aromatic N) is 2. The van der Waals surface area contributed by atoms with Crippen molar-refractivity contribution in [1.82, 2.24) is 9.97 Å². The zero-order valence-electron chi connectivity index (χ0n) is 8.60. The van der Waals surface area contributed by atoms with E-state index in [0.29, 0.717) is 5.82 Å². The minimum atomic E-state index is 0.486. The van der Waals surface area contributed by atoms with Gasteiger partial charge in [0.15, 0.2) is 5.76 Å². The maximum atomic E-state index is 5.70. The smallest absolute Gasteiger partial charge is 0.152 e. The quantitative estimate of drug-likeness (QED) is 0.831. The summed E-state index contributed by atoms with van der Waals surface area (Å²) in [5.41, 5.74) is 6.45. The van der Waals surface area contributed by atoms with Crippen LogP contribution in [0.15, 0.2) is 28.9 Å². The number of furan rings is 1. The summed E-state index contributed by atoms with van der Waals surface area (Å²) in [4.78, 5) is 8.54. The lowest BCUT2D eigenvalue weighted by atomic mass is 10.2. The summed E-state index contributed by atoms with van der Waals surface area (Å²) in [6, 6.07) is 5.41. The molecule has 0 saturated heterocycles. The fourth-order valence-corrected chi connectivity index (χ4v) is 1.40. The van der Waals surface area contributed by atoms with E-state index >= 15 is 0 Å². The number of anilines is 1. The molecule has 2 heterocycles. The van der Waals surface area contributed by atoms with Gasteiger partial charge in [-0.1, -0.05) is 6.92 Å². The van der Waals surface area contributed by atoms with E-state index in [1.165, 1.54) is 0 Å². The summed E-state index contributed by atoms with van der Waals surface area (Å²) in [5.74, 6) is 1.98. The van der Waals surface area contributed by atoms with Gasteiger partial charge in [-0.05, 0) is 18.6 Å². The van der Waals surface area contributed by atoms with Gasteiger partial charge >= 0.3 is 0 Å². The van der Waals surface area contributed by atoms with Crippen molar-refractivity contribution in [3.63, 3.8) is 0 Å². The molecule has 0 bridgehead atoms. The van der Waals surface area contributed by atoms with Crippen molar-refractivity contribution in [3.05, 3.63) is 30.3 Å². The zero-order chi connectivity index (χ0) is 10.7. The third-order valence-corrected chi connectivity index (χ3v) is 2.04. The molecule has 0 fully saturated rings. The first-order valence-electron chi connectivity index (χ1n) is 4.97. The first-order valence-corrected chi connectivity index (χ1v) is 4.97. The molecule has 15 heavy (non-hydrogen) atoms. The summed E-state index contributed by atoms with van der Waals surface area (Å²) < 4.78 is 5.26. The number of hydrogen-bond donors (Lipinski definition) is 1. The van der Waals surface area contributed by atoms with Crippen LogP contribution >= 0.6 is 0 Å².